The molecule has 2 aromatic rings. The highest BCUT2D eigenvalue weighted by molar-refractivity contribution is 5.70. The van der Waals surface area contributed by atoms with Crippen LogP contribution in [-0.2, 0) is 11.3 Å². The Bertz CT molecular complexity index is 617. The normalized spacial score (nSPS) is 17.4. The van der Waals surface area contributed by atoms with Crippen LogP contribution in [0, 0.1) is 11.8 Å². The number of rotatable bonds is 5. The predicted molar refractivity (Wildman–Crippen MR) is 77.5 cm³/mol. The summed E-state index contributed by atoms with van der Waals surface area (Å²) in [5.74, 6) is -0.129. The second kappa shape index (κ2) is 5.69. The lowest BCUT2D eigenvalue weighted by Crippen LogP contribution is -2.50. The Kier molecular flexibility index (Phi) is 3.75. The third-order valence-corrected chi connectivity index (χ3v) is 4.04. The molecule has 1 aromatic carbocycles. The van der Waals surface area contributed by atoms with Crippen molar-refractivity contribution in [3.05, 3.63) is 42.3 Å². The van der Waals surface area contributed by atoms with Crippen LogP contribution in [0.5, 0.6) is 0 Å². The van der Waals surface area contributed by atoms with Gasteiger partial charge in [0.1, 0.15) is 6.26 Å². The van der Waals surface area contributed by atoms with Gasteiger partial charge in [-0.3, -0.25) is 9.69 Å². The first kappa shape index (κ1) is 13.8. The van der Waals surface area contributed by atoms with Crippen LogP contribution < -0.4 is 0 Å². The number of aromatic nitrogens is 1. The number of carboxylic acids is 1. The molecule has 0 amide bonds. The fourth-order valence-corrected chi connectivity index (χ4v) is 2.58. The summed E-state index contributed by atoms with van der Waals surface area (Å²) >= 11 is 0. The third-order valence-electron chi connectivity index (χ3n) is 4.04. The Morgan fingerprint density at radius 3 is 2.81 bits per heavy atom. The van der Waals surface area contributed by atoms with Crippen molar-refractivity contribution in [3.8, 4) is 11.5 Å². The predicted octanol–water partition coefficient (Wildman–Crippen LogP) is 2.49. The first-order chi connectivity index (χ1) is 10.1. The zero-order chi connectivity index (χ0) is 14.8. The lowest BCUT2D eigenvalue weighted by atomic mass is 9.87. The second-order valence-electron chi connectivity index (χ2n) is 5.59. The van der Waals surface area contributed by atoms with E-state index in [-0.39, 0.29) is 11.8 Å². The van der Waals surface area contributed by atoms with Gasteiger partial charge in [0.15, 0.2) is 0 Å². The molecule has 2 heterocycles. The molecular weight excluding hydrogens is 268 g/mol. The van der Waals surface area contributed by atoms with Crippen molar-refractivity contribution in [2.45, 2.75) is 13.5 Å². The van der Waals surface area contributed by atoms with Gasteiger partial charge >= 0.3 is 5.97 Å². The van der Waals surface area contributed by atoms with Crippen molar-refractivity contribution in [2.75, 3.05) is 13.1 Å². The number of likely N-dealkylation sites (tertiary alicyclic amines) is 1. The maximum atomic E-state index is 10.9. The minimum Gasteiger partial charge on any atom is -0.481 e. The molecule has 0 spiro atoms. The summed E-state index contributed by atoms with van der Waals surface area (Å²) < 4.78 is 5.50. The number of carboxylic acid groups (broad SMARTS) is 1. The number of hydrogen-bond acceptors (Lipinski definition) is 4. The minimum atomic E-state index is -0.715. The maximum absolute atomic E-state index is 10.9. The molecule has 1 atom stereocenters. The summed E-state index contributed by atoms with van der Waals surface area (Å²) in [5, 5.41) is 8.98. The standard InChI is InChI=1S/C16H18N2O3/c1-11(16(19)20)13-7-18(8-13)9-14-10-21-15(17-14)12-5-3-2-4-6-12/h2-6,10-11,13H,7-9H2,1H3,(H,19,20). The van der Waals surface area contributed by atoms with E-state index in [4.69, 9.17) is 9.52 Å². The largest absolute Gasteiger partial charge is 0.481 e. The van der Waals surface area contributed by atoms with E-state index in [1.54, 1.807) is 13.2 Å². The molecule has 1 unspecified atom stereocenters. The number of carbonyl (C=O) groups is 1. The summed E-state index contributed by atoms with van der Waals surface area (Å²) in [6.07, 6.45) is 1.68. The molecule has 1 N–H and O–H groups in total. The van der Waals surface area contributed by atoms with Gasteiger partial charge < -0.3 is 9.52 Å². The number of nitrogens with zero attached hydrogens (tertiary/aromatic N) is 2. The molecule has 1 aromatic heterocycles. The molecule has 110 valence electrons. The first-order valence-electron chi connectivity index (χ1n) is 7.08. The Morgan fingerprint density at radius 2 is 2.14 bits per heavy atom. The average molecular weight is 286 g/mol. The molecule has 0 aliphatic carbocycles. The molecular formula is C16H18N2O3. The van der Waals surface area contributed by atoms with Gasteiger partial charge in [-0.2, -0.15) is 0 Å². The molecule has 5 nitrogen and oxygen atoms in total. The van der Waals surface area contributed by atoms with Gasteiger partial charge in [0, 0.05) is 25.2 Å². The SMILES string of the molecule is CC(C(=O)O)C1CN(Cc2coc(-c3ccccc3)n2)C1. The summed E-state index contributed by atoms with van der Waals surface area (Å²) in [4.78, 5) is 17.6. The van der Waals surface area contributed by atoms with Crippen molar-refractivity contribution in [1.82, 2.24) is 9.88 Å². The van der Waals surface area contributed by atoms with E-state index in [2.05, 4.69) is 9.88 Å². The zero-order valence-corrected chi connectivity index (χ0v) is 11.9. The number of aliphatic carboxylic acids is 1. The van der Waals surface area contributed by atoms with E-state index < -0.39 is 5.97 Å². The molecule has 3 rings (SSSR count). The highest BCUT2D eigenvalue weighted by Gasteiger charge is 2.34. The molecule has 0 radical (unpaired) electrons. The monoisotopic (exact) mass is 286 g/mol. The summed E-state index contributed by atoms with van der Waals surface area (Å²) in [6.45, 7) is 4.09. The quantitative estimate of drug-likeness (QED) is 0.914. The highest BCUT2D eigenvalue weighted by atomic mass is 16.4. The van der Waals surface area contributed by atoms with Gasteiger partial charge in [-0.1, -0.05) is 25.1 Å². The Labute approximate surface area is 123 Å². The number of benzene rings is 1. The van der Waals surface area contributed by atoms with E-state index in [1.165, 1.54) is 0 Å². The van der Waals surface area contributed by atoms with Crippen LogP contribution in [-0.4, -0.2) is 34.0 Å². The fraction of sp³-hybridized carbons (Fsp3) is 0.375. The zero-order valence-electron chi connectivity index (χ0n) is 11.9. The smallest absolute Gasteiger partial charge is 0.306 e. The second-order valence-corrected chi connectivity index (χ2v) is 5.59. The molecule has 1 saturated heterocycles. The van der Waals surface area contributed by atoms with Crippen LogP contribution in [0.25, 0.3) is 11.5 Å². The van der Waals surface area contributed by atoms with Crippen molar-refractivity contribution in [2.24, 2.45) is 11.8 Å². The molecule has 1 aliphatic rings. The van der Waals surface area contributed by atoms with Gasteiger partial charge in [0.05, 0.1) is 11.6 Å². The van der Waals surface area contributed by atoms with Gasteiger partial charge in [-0.15, -0.1) is 0 Å². The summed E-state index contributed by atoms with van der Waals surface area (Å²) in [6, 6.07) is 9.78. The van der Waals surface area contributed by atoms with E-state index in [0.29, 0.717) is 12.4 Å². The lowest BCUT2D eigenvalue weighted by molar-refractivity contribution is -0.145. The van der Waals surface area contributed by atoms with Gasteiger partial charge in [0.2, 0.25) is 5.89 Å². The van der Waals surface area contributed by atoms with E-state index in [1.807, 2.05) is 30.3 Å². The maximum Gasteiger partial charge on any atom is 0.306 e. The van der Waals surface area contributed by atoms with Crippen molar-refractivity contribution in [3.63, 3.8) is 0 Å². The van der Waals surface area contributed by atoms with Gasteiger partial charge in [-0.05, 0) is 18.1 Å². The van der Waals surface area contributed by atoms with E-state index in [0.717, 1.165) is 24.3 Å². The van der Waals surface area contributed by atoms with E-state index >= 15 is 0 Å². The molecule has 1 fully saturated rings. The summed E-state index contributed by atoms with van der Waals surface area (Å²) in [7, 11) is 0. The van der Waals surface area contributed by atoms with E-state index in [9.17, 15) is 4.79 Å². The highest BCUT2D eigenvalue weighted by Crippen LogP contribution is 2.26. The van der Waals surface area contributed by atoms with Crippen molar-refractivity contribution in [1.29, 1.82) is 0 Å². The van der Waals surface area contributed by atoms with Gasteiger partial charge in [-0.25, -0.2) is 4.98 Å². The Morgan fingerprint density at radius 1 is 1.43 bits per heavy atom. The average Bonchev–Trinajstić information content (AvgIpc) is 2.91. The first-order valence-corrected chi connectivity index (χ1v) is 7.08. The third kappa shape index (κ3) is 2.97. The Hall–Kier alpha value is -2.14. The van der Waals surface area contributed by atoms with Crippen LogP contribution in [0.1, 0.15) is 12.6 Å². The Balaban J connectivity index is 1.56. The minimum absolute atomic E-state index is 0.239. The molecule has 0 saturated carbocycles. The molecule has 1 aliphatic heterocycles. The van der Waals surface area contributed by atoms with Crippen LogP contribution in [0.2, 0.25) is 0 Å². The lowest BCUT2D eigenvalue weighted by Gasteiger charge is -2.40. The van der Waals surface area contributed by atoms with Crippen molar-refractivity contribution < 1.29 is 14.3 Å². The van der Waals surface area contributed by atoms with Crippen LogP contribution in [0.4, 0.5) is 0 Å². The van der Waals surface area contributed by atoms with Crippen molar-refractivity contribution >= 4 is 5.97 Å². The van der Waals surface area contributed by atoms with Crippen LogP contribution >= 0.6 is 0 Å². The molecule has 5 heteroatoms. The van der Waals surface area contributed by atoms with Crippen LogP contribution in [0.3, 0.4) is 0 Å². The number of hydrogen-bond donors (Lipinski definition) is 1. The number of oxazole rings is 1. The van der Waals surface area contributed by atoms with Crippen LogP contribution in [0.15, 0.2) is 41.0 Å². The van der Waals surface area contributed by atoms with Gasteiger partial charge in [0.25, 0.3) is 0 Å². The fourth-order valence-electron chi connectivity index (χ4n) is 2.58. The molecule has 0 bridgehead atoms. The summed E-state index contributed by atoms with van der Waals surface area (Å²) in [5.41, 5.74) is 1.85. The molecule has 21 heavy (non-hydrogen) atoms. The topological polar surface area (TPSA) is 66.6 Å².